The van der Waals surface area contributed by atoms with E-state index in [1.54, 1.807) is 4.90 Å². The highest BCUT2D eigenvalue weighted by molar-refractivity contribution is 5.99. The molecule has 0 radical (unpaired) electrons. The number of nitrogens with zero attached hydrogens (tertiary/aromatic N) is 2. The van der Waals surface area contributed by atoms with Crippen LogP contribution in [0.2, 0.25) is 0 Å². The fourth-order valence-corrected chi connectivity index (χ4v) is 4.12. The average molecular weight is 420 g/mol. The third kappa shape index (κ3) is 4.23. The molecule has 8 heteroatoms. The number of rotatable bonds is 4. The quantitative estimate of drug-likeness (QED) is 0.737. The largest absolute Gasteiger partial charge is 0.573 e. The lowest BCUT2D eigenvalue weighted by Crippen LogP contribution is -2.48. The third-order valence-electron chi connectivity index (χ3n) is 5.46. The van der Waals surface area contributed by atoms with Gasteiger partial charge in [0.2, 0.25) is 5.91 Å². The molecule has 1 saturated heterocycles. The maximum absolute atomic E-state index is 13.5. The minimum absolute atomic E-state index is 0.0300. The molecule has 2 aromatic rings. The lowest BCUT2D eigenvalue weighted by atomic mass is 10.1. The number of para-hydroxylation sites is 2. The summed E-state index contributed by atoms with van der Waals surface area (Å²) in [7, 11) is 0. The number of halogens is 3. The summed E-state index contributed by atoms with van der Waals surface area (Å²) >= 11 is 0. The first-order chi connectivity index (χ1) is 14.2. The van der Waals surface area contributed by atoms with Gasteiger partial charge in [-0.3, -0.25) is 9.69 Å². The smallest absolute Gasteiger partial charge is 0.487 e. The molecule has 2 aromatic carbocycles. The van der Waals surface area contributed by atoms with Gasteiger partial charge in [0.25, 0.3) is 0 Å². The fourth-order valence-electron chi connectivity index (χ4n) is 4.12. The summed E-state index contributed by atoms with van der Waals surface area (Å²) in [5.41, 5.74) is 1.36. The van der Waals surface area contributed by atoms with Crippen molar-refractivity contribution in [3.63, 3.8) is 0 Å². The number of fused-ring (bicyclic) bond motifs is 3. The van der Waals surface area contributed by atoms with Crippen molar-refractivity contribution in [1.29, 1.82) is 0 Å². The van der Waals surface area contributed by atoms with Gasteiger partial charge in [0.05, 0.1) is 18.3 Å². The van der Waals surface area contributed by atoms with E-state index in [0.717, 1.165) is 0 Å². The van der Waals surface area contributed by atoms with Crippen LogP contribution in [0.25, 0.3) is 0 Å². The molecule has 1 fully saturated rings. The topological polar surface area (TPSA) is 42.0 Å². The number of carbonyl (C=O) groups is 1. The molecule has 0 unspecified atom stereocenters. The van der Waals surface area contributed by atoms with Crippen molar-refractivity contribution in [3.05, 3.63) is 54.1 Å². The van der Waals surface area contributed by atoms with Crippen LogP contribution >= 0.6 is 0 Å². The highest BCUT2D eigenvalue weighted by Crippen LogP contribution is 2.37. The van der Waals surface area contributed by atoms with E-state index in [0.29, 0.717) is 30.0 Å². The van der Waals surface area contributed by atoms with E-state index in [-0.39, 0.29) is 36.4 Å². The number of ether oxygens (including phenoxy) is 2. The Bertz CT molecular complexity index is 915. The maximum Gasteiger partial charge on any atom is 0.573 e. The predicted molar refractivity (Wildman–Crippen MR) is 105 cm³/mol. The minimum Gasteiger partial charge on any atom is -0.487 e. The number of alkyl halides is 3. The van der Waals surface area contributed by atoms with Gasteiger partial charge in [-0.2, -0.15) is 0 Å². The zero-order chi connectivity index (χ0) is 21.5. The fraction of sp³-hybridized carbons (Fsp3) is 0.409. The van der Waals surface area contributed by atoms with Crippen molar-refractivity contribution in [2.45, 2.75) is 51.4 Å². The van der Waals surface area contributed by atoms with Crippen molar-refractivity contribution < 1.29 is 27.4 Å². The highest BCUT2D eigenvalue weighted by atomic mass is 19.4. The van der Waals surface area contributed by atoms with Gasteiger partial charge in [-0.05, 0) is 43.7 Å². The van der Waals surface area contributed by atoms with Gasteiger partial charge in [0, 0.05) is 19.0 Å². The minimum atomic E-state index is -4.74. The SMILES string of the molecule is CC(C)N1C[C@@H]2C[C@H]1C(=O)N(Cc1ccc(OC(F)(F)F)cc1)c1ccccc1O2. The number of amides is 1. The van der Waals surface area contributed by atoms with Crippen LogP contribution in [0.1, 0.15) is 25.8 Å². The van der Waals surface area contributed by atoms with Crippen molar-refractivity contribution in [3.8, 4) is 11.5 Å². The molecular formula is C22H23F3N2O3. The zero-order valence-corrected chi connectivity index (χ0v) is 16.7. The summed E-state index contributed by atoms with van der Waals surface area (Å²) in [6.07, 6.45) is -4.18. The molecule has 2 heterocycles. The molecule has 2 aliphatic rings. The van der Waals surface area contributed by atoms with Gasteiger partial charge in [-0.25, -0.2) is 0 Å². The first-order valence-corrected chi connectivity index (χ1v) is 9.89. The van der Waals surface area contributed by atoms with E-state index >= 15 is 0 Å². The number of hydrogen-bond donors (Lipinski definition) is 0. The first-order valence-electron chi connectivity index (χ1n) is 9.89. The average Bonchev–Trinajstić information content (AvgIpc) is 3.11. The zero-order valence-electron chi connectivity index (χ0n) is 16.7. The molecule has 2 bridgehead atoms. The molecule has 0 saturated carbocycles. The van der Waals surface area contributed by atoms with Gasteiger partial charge in [-0.15, -0.1) is 13.2 Å². The second-order valence-electron chi connectivity index (χ2n) is 7.87. The van der Waals surface area contributed by atoms with Gasteiger partial charge < -0.3 is 14.4 Å². The Balaban J connectivity index is 1.64. The van der Waals surface area contributed by atoms with Crippen LogP contribution in [-0.2, 0) is 11.3 Å². The van der Waals surface area contributed by atoms with Crippen LogP contribution in [-0.4, -0.2) is 41.9 Å². The van der Waals surface area contributed by atoms with Gasteiger partial charge >= 0.3 is 6.36 Å². The number of carbonyl (C=O) groups excluding carboxylic acids is 1. The second kappa shape index (κ2) is 7.83. The van der Waals surface area contributed by atoms with E-state index in [1.807, 2.05) is 24.3 Å². The summed E-state index contributed by atoms with van der Waals surface area (Å²) in [6, 6.07) is 12.9. The number of benzene rings is 2. The first kappa shape index (κ1) is 20.5. The Morgan fingerprint density at radius 3 is 2.50 bits per heavy atom. The molecule has 0 N–H and O–H groups in total. The Labute approximate surface area is 173 Å². The molecule has 2 aliphatic heterocycles. The van der Waals surface area contributed by atoms with Crippen LogP contribution < -0.4 is 14.4 Å². The third-order valence-corrected chi connectivity index (χ3v) is 5.46. The Hall–Kier alpha value is -2.74. The number of anilines is 1. The van der Waals surface area contributed by atoms with Crippen LogP contribution in [0, 0.1) is 0 Å². The predicted octanol–water partition coefficient (Wildman–Crippen LogP) is 4.36. The molecule has 0 aromatic heterocycles. The lowest BCUT2D eigenvalue weighted by Gasteiger charge is -2.33. The summed E-state index contributed by atoms with van der Waals surface area (Å²) in [5.74, 6) is 0.313. The Morgan fingerprint density at radius 1 is 1.13 bits per heavy atom. The van der Waals surface area contributed by atoms with E-state index in [1.165, 1.54) is 24.3 Å². The second-order valence-corrected chi connectivity index (χ2v) is 7.87. The Kier molecular flexibility index (Phi) is 5.36. The van der Waals surface area contributed by atoms with E-state index < -0.39 is 6.36 Å². The summed E-state index contributed by atoms with van der Waals surface area (Å²) in [6.45, 7) is 5.01. The summed E-state index contributed by atoms with van der Waals surface area (Å²) < 4.78 is 47.4. The molecule has 30 heavy (non-hydrogen) atoms. The van der Waals surface area contributed by atoms with Crippen LogP contribution in [0.15, 0.2) is 48.5 Å². The van der Waals surface area contributed by atoms with Gasteiger partial charge in [0.1, 0.15) is 17.6 Å². The maximum atomic E-state index is 13.5. The van der Waals surface area contributed by atoms with Gasteiger partial charge in [-0.1, -0.05) is 24.3 Å². The molecule has 2 atom stereocenters. The lowest BCUT2D eigenvalue weighted by molar-refractivity contribution is -0.274. The number of likely N-dealkylation sites (tertiary alicyclic amines) is 1. The van der Waals surface area contributed by atoms with Crippen molar-refractivity contribution in [1.82, 2.24) is 4.90 Å². The normalized spacial score (nSPS) is 21.8. The standard InChI is InChI=1S/C22H23F3N2O3/c1-14(2)26-13-17-11-19(26)21(28)27(18-5-3-4-6-20(18)29-17)12-15-7-9-16(10-8-15)30-22(23,24)25/h3-10,14,17,19H,11-13H2,1-2H3/t17-,19-/m0/s1. The summed E-state index contributed by atoms with van der Waals surface area (Å²) in [4.78, 5) is 17.4. The molecule has 0 aliphatic carbocycles. The number of hydrogen-bond acceptors (Lipinski definition) is 4. The van der Waals surface area contributed by atoms with Gasteiger partial charge in [0.15, 0.2) is 0 Å². The molecule has 160 valence electrons. The van der Waals surface area contributed by atoms with E-state index in [2.05, 4.69) is 23.5 Å². The molecule has 4 rings (SSSR count). The molecule has 1 amide bonds. The summed E-state index contributed by atoms with van der Waals surface area (Å²) in [5, 5.41) is 0. The van der Waals surface area contributed by atoms with Crippen LogP contribution in [0.3, 0.4) is 0 Å². The van der Waals surface area contributed by atoms with Crippen molar-refractivity contribution >= 4 is 11.6 Å². The van der Waals surface area contributed by atoms with Crippen LogP contribution in [0.4, 0.5) is 18.9 Å². The molecule has 5 nitrogen and oxygen atoms in total. The van der Waals surface area contributed by atoms with Crippen molar-refractivity contribution in [2.24, 2.45) is 0 Å². The molecular weight excluding hydrogens is 397 g/mol. The van der Waals surface area contributed by atoms with Crippen molar-refractivity contribution in [2.75, 3.05) is 11.4 Å². The monoisotopic (exact) mass is 420 g/mol. The molecule has 0 spiro atoms. The highest BCUT2D eigenvalue weighted by Gasteiger charge is 2.43. The van der Waals surface area contributed by atoms with E-state index in [9.17, 15) is 18.0 Å². The van der Waals surface area contributed by atoms with Crippen LogP contribution in [0.5, 0.6) is 11.5 Å². The van der Waals surface area contributed by atoms with E-state index in [4.69, 9.17) is 4.74 Å². The Morgan fingerprint density at radius 2 is 1.83 bits per heavy atom.